The fourth-order valence-corrected chi connectivity index (χ4v) is 8.43. The molecule has 210 valence electrons. The zero-order valence-corrected chi connectivity index (χ0v) is 23.3. The molecule has 2 aromatic carbocycles. The van der Waals surface area contributed by atoms with E-state index in [1.165, 1.54) is 11.9 Å². The molecule has 4 saturated heterocycles. The van der Waals surface area contributed by atoms with Crippen LogP contribution >= 0.6 is 8.53 Å². The van der Waals surface area contributed by atoms with Crippen molar-refractivity contribution in [3.63, 3.8) is 0 Å². The van der Waals surface area contributed by atoms with E-state index in [-0.39, 0.29) is 24.2 Å². The maximum Gasteiger partial charge on any atom is 0.260 e. The molecule has 4 aliphatic rings. The van der Waals surface area contributed by atoms with E-state index in [9.17, 15) is 4.79 Å². The van der Waals surface area contributed by atoms with Crippen LogP contribution in [0, 0.1) is 0 Å². The summed E-state index contributed by atoms with van der Waals surface area (Å²) in [5, 5.41) is 2.86. The van der Waals surface area contributed by atoms with E-state index < -0.39 is 20.4 Å². The van der Waals surface area contributed by atoms with Crippen molar-refractivity contribution in [2.45, 2.75) is 55.9 Å². The lowest BCUT2D eigenvalue weighted by Gasteiger charge is -2.29. The van der Waals surface area contributed by atoms with Crippen LogP contribution < -0.4 is 5.32 Å². The van der Waals surface area contributed by atoms with E-state index in [1.54, 1.807) is 18.5 Å². The van der Waals surface area contributed by atoms with Crippen molar-refractivity contribution >= 4 is 31.4 Å². The Balaban J connectivity index is 1.04. The van der Waals surface area contributed by atoms with Crippen molar-refractivity contribution in [1.29, 1.82) is 0 Å². The Bertz CT molecular complexity index is 1590. The van der Waals surface area contributed by atoms with Gasteiger partial charge in [0.25, 0.3) is 14.4 Å². The third-order valence-corrected chi connectivity index (χ3v) is 10.1. The molecule has 0 spiro atoms. The van der Waals surface area contributed by atoms with Crippen molar-refractivity contribution in [3.05, 3.63) is 84.4 Å². The highest BCUT2D eigenvalue weighted by atomic mass is 31.2. The average Bonchev–Trinajstić information content (AvgIpc) is 3.81. The molecule has 4 aliphatic heterocycles. The lowest BCUT2D eigenvalue weighted by atomic mass is 10.0. The number of carbonyl (C=O) groups excluding carboxylic acids is 1. The number of nitrogens with one attached hydrogen (secondary N) is 1. The molecular formula is C29H29N6O5P. The Morgan fingerprint density at radius 3 is 2.73 bits per heavy atom. The van der Waals surface area contributed by atoms with Crippen LogP contribution in [0.3, 0.4) is 0 Å². The highest BCUT2D eigenvalue weighted by Gasteiger charge is 2.63. The van der Waals surface area contributed by atoms with Crippen LogP contribution in [0.4, 0.5) is 5.82 Å². The number of benzene rings is 2. The first-order valence-corrected chi connectivity index (χ1v) is 15.0. The Morgan fingerprint density at radius 1 is 1.10 bits per heavy atom. The zero-order valence-electron chi connectivity index (χ0n) is 22.4. The molecule has 0 aliphatic carbocycles. The second kappa shape index (κ2) is 9.90. The minimum atomic E-state index is -1.28. The summed E-state index contributed by atoms with van der Waals surface area (Å²) in [7, 11) is -1.28. The largest absolute Gasteiger partial charge is 0.368 e. The third kappa shape index (κ3) is 4.19. The predicted octanol–water partition coefficient (Wildman–Crippen LogP) is 4.61. The van der Waals surface area contributed by atoms with Crippen LogP contribution in [0.25, 0.3) is 11.2 Å². The Morgan fingerprint density at radius 2 is 1.90 bits per heavy atom. The van der Waals surface area contributed by atoms with E-state index in [1.807, 2.05) is 35.8 Å². The first-order chi connectivity index (χ1) is 20.1. The number of rotatable bonds is 6. The fraction of sp³-hybridized carbons (Fsp3) is 0.379. The minimum absolute atomic E-state index is 0.00637. The van der Waals surface area contributed by atoms with Gasteiger partial charge in [-0.3, -0.25) is 9.36 Å². The molecule has 0 saturated carbocycles. The van der Waals surface area contributed by atoms with Gasteiger partial charge in [0, 0.05) is 18.2 Å². The summed E-state index contributed by atoms with van der Waals surface area (Å²) in [5.41, 5.74) is 2.07. The molecule has 1 N–H and O–H groups in total. The molecule has 4 aromatic rings. The third-order valence-electron chi connectivity index (χ3n) is 8.40. The number of imidazole rings is 1. The quantitative estimate of drug-likeness (QED) is 0.331. The molecular weight excluding hydrogens is 543 g/mol. The molecule has 8 rings (SSSR count). The topological polar surface area (TPSA) is 113 Å². The Kier molecular flexibility index (Phi) is 6.14. The summed E-state index contributed by atoms with van der Waals surface area (Å²) < 4.78 is 30.5. The van der Waals surface area contributed by atoms with E-state index in [2.05, 4.69) is 49.2 Å². The average molecular weight is 573 g/mol. The highest BCUT2D eigenvalue weighted by molar-refractivity contribution is 7.45. The van der Waals surface area contributed by atoms with E-state index >= 15 is 0 Å². The summed E-state index contributed by atoms with van der Waals surface area (Å²) in [5.74, 6) is 0.0639. The summed E-state index contributed by atoms with van der Waals surface area (Å²) in [6.45, 7) is 3.41. The molecule has 2 unspecified atom stereocenters. The summed E-state index contributed by atoms with van der Waals surface area (Å²) in [6, 6.07) is 19.7. The van der Waals surface area contributed by atoms with Gasteiger partial charge in [-0.15, -0.1) is 0 Å². The van der Waals surface area contributed by atoms with E-state index in [0.717, 1.165) is 19.4 Å². The minimum Gasteiger partial charge on any atom is -0.368 e. The Labute approximate surface area is 237 Å². The van der Waals surface area contributed by atoms with Crippen molar-refractivity contribution in [1.82, 2.24) is 24.2 Å². The van der Waals surface area contributed by atoms with Crippen LogP contribution in [0.1, 0.15) is 48.0 Å². The number of ether oxygens (including phenoxy) is 2. The number of nitrogens with zero attached hydrogens (tertiary/aromatic N) is 5. The smallest absolute Gasteiger partial charge is 0.260 e. The van der Waals surface area contributed by atoms with E-state index in [0.29, 0.717) is 35.2 Å². The number of anilines is 1. The molecule has 7 atom stereocenters. The number of fused-ring (bicyclic) bond motifs is 4. The number of hydrogen-bond donors (Lipinski definition) is 1. The normalized spacial score (nSPS) is 32.5. The van der Waals surface area contributed by atoms with Gasteiger partial charge in [-0.05, 0) is 37.5 Å². The van der Waals surface area contributed by atoms with Crippen molar-refractivity contribution in [2.75, 3.05) is 18.5 Å². The van der Waals surface area contributed by atoms with Crippen molar-refractivity contribution < 1.29 is 23.3 Å². The summed E-state index contributed by atoms with van der Waals surface area (Å²) >= 11 is 0. The van der Waals surface area contributed by atoms with Gasteiger partial charge in [0.1, 0.15) is 30.2 Å². The van der Waals surface area contributed by atoms with Gasteiger partial charge in [-0.2, -0.15) is 0 Å². The number of hydrogen-bond acceptors (Lipinski definition) is 9. The van der Waals surface area contributed by atoms with Crippen LogP contribution in [0.2, 0.25) is 0 Å². The van der Waals surface area contributed by atoms with Gasteiger partial charge in [-0.1, -0.05) is 48.5 Å². The highest BCUT2D eigenvalue weighted by Crippen LogP contribution is 2.63. The lowest BCUT2D eigenvalue weighted by molar-refractivity contribution is -0.164. The van der Waals surface area contributed by atoms with Gasteiger partial charge in [-0.25, -0.2) is 19.6 Å². The van der Waals surface area contributed by atoms with Crippen molar-refractivity contribution in [3.8, 4) is 0 Å². The number of aromatic nitrogens is 4. The fourth-order valence-electron chi connectivity index (χ4n) is 6.36. The van der Waals surface area contributed by atoms with Crippen LogP contribution in [0.5, 0.6) is 0 Å². The predicted molar refractivity (Wildman–Crippen MR) is 150 cm³/mol. The van der Waals surface area contributed by atoms with Crippen LogP contribution in [0.15, 0.2) is 73.3 Å². The first kappa shape index (κ1) is 25.4. The molecule has 0 radical (unpaired) electrons. The zero-order chi connectivity index (χ0) is 27.6. The van der Waals surface area contributed by atoms with Crippen molar-refractivity contribution in [2.24, 2.45) is 0 Å². The standard InChI is InChI=1S/C29H29N6O5P/c1-29-15-37-23(24(29)40-41-35-14-8-13-20(35)22(39-41)18-9-4-2-5-10-18)28(38-29)34-17-32-21-25(30-16-31-26(21)34)33-27(36)19-11-6-3-7-12-19/h2-7,9-12,16-17,20,22-24,28H,8,13-15H2,1H3,(H,30,31,33,36)/t20-,22?,23+,24?,28-,29+,41+/m1/s1. The molecule has 11 nitrogen and oxygen atoms in total. The summed E-state index contributed by atoms with van der Waals surface area (Å²) in [4.78, 5) is 26.1. The van der Waals surface area contributed by atoms with Crippen LogP contribution in [-0.4, -0.2) is 67.1 Å². The molecule has 1 amide bonds. The molecule has 2 aromatic heterocycles. The second-order valence-electron chi connectivity index (χ2n) is 11.0. The molecule has 12 heteroatoms. The Hall–Kier alpha value is -3.31. The molecule has 4 fully saturated rings. The molecule has 6 heterocycles. The van der Waals surface area contributed by atoms with Gasteiger partial charge < -0.3 is 23.8 Å². The maximum atomic E-state index is 12.8. The SMILES string of the molecule is C[C@]12CO[C@@H](C1O[P@]1OC(c3ccccc3)[C@H]3CCCN31)[C@H](n1cnc3c(NC(=O)c4ccccc4)ncnc31)O2. The monoisotopic (exact) mass is 572 g/mol. The number of amides is 1. The van der Waals surface area contributed by atoms with Gasteiger partial charge in [0.2, 0.25) is 0 Å². The second-order valence-corrected chi connectivity index (χ2v) is 12.4. The van der Waals surface area contributed by atoms with Gasteiger partial charge >= 0.3 is 0 Å². The molecule has 41 heavy (non-hydrogen) atoms. The van der Waals surface area contributed by atoms with Crippen LogP contribution in [-0.2, 0) is 18.5 Å². The van der Waals surface area contributed by atoms with Gasteiger partial charge in [0.15, 0.2) is 23.2 Å². The molecule has 2 bridgehead atoms. The van der Waals surface area contributed by atoms with E-state index in [4.69, 9.17) is 18.5 Å². The lowest BCUT2D eigenvalue weighted by Crippen LogP contribution is -2.38. The first-order valence-electron chi connectivity index (χ1n) is 13.9. The maximum absolute atomic E-state index is 12.8. The van der Waals surface area contributed by atoms with Gasteiger partial charge in [0.05, 0.1) is 12.9 Å². The summed E-state index contributed by atoms with van der Waals surface area (Å²) in [6.07, 6.45) is 4.07. The number of carbonyl (C=O) groups is 1.